The fourth-order valence-electron chi connectivity index (χ4n) is 2.29. The van der Waals surface area contributed by atoms with Gasteiger partial charge in [-0.25, -0.2) is 0 Å². The van der Waals surface area contributed by atoms with Crippen LogP contribution in [0.1, 0.15) is 5.56 Å². The van der Waals surface area contributed by atoms with Gasteiger partial charge in [-0.3, -0.25) is 14.5 Å². The quantitative estimate of drug-likeness (QED) is 0.692. The molecule has 1 aliphatic rings. The summed E-state index contributed by atoms with van der Waals surface area (Å²) in [5.74, 6) is -1.44. The molecule has 0 unspecified atom stereocenters. The molecule has 0 aromatic heterocycles. The maximum absolute atomic E-state index is 12.3. The highest BCUT2D eigenvalue weighted by atomic mass is 32.2. The van der Waals surface area contributed by atoms with Gasteiger partial charge in [0.1, 0.15) is 10.9 Å². The average molecular weight is 329 g/mol. The van der Waals surface area contributed by atoms with Gasteiger partial charge in [0, 0.05) is 0 Å². The third kappa shape index (κ3) is 2.75. The fourth-order valence-corrected chi connectivity index (χ4v) is 3.54. The summed E-state index contributed by atoms with van der Waals surface area (Å²) in [6.45, 7) is -0.405. The SMILES string of the molecule is O=C(O)CN1C(=O)/C(=C/c2cccc3ccccc23)SC1=S. The number of thioether (sulfide) groups is 1. The number of carbonyl (C=O) groups is 2. The summed E-state index contributed by atoms with van der Waals surface area (Å²) in [6, 6.07) is 13.7. The highest BCUT2D eigenvalue weighted by Gasteiger charge is 2.33. The number of carboxylic acid groups (broad SMARTS) is 1. The van der Waals surface area contributed by atoms with E-state index in [9.17, 15) is 9.59 Å². The molecule has 1 heterocycles. The Morgan fingerprint density at radius 1 is 1.23 bits per heavy atom. The van der Waals surface area contributed by atoms with Crippen LogP contribution in [0.2, 0.25) is 0 Å². The molecular weight excluding hydrogens is 318 g/mol. The molecule has 1 aliphatic heterocycles. The fraction of sp³-hybridized carbons (Fsp3) is 0.0625. The van der Waals surface area contributed by atoms with Crippen LogP contribution in [0.15, 0.2) is 47.4 Å². The maximum Gasteiger partial charge on any atom is 0.323 e. The standard InChI is InChI=1S/C16H11NO3S2/c18-14(19)9-17-15(20)13(22-16(17)21)8-11-6-3-5-10-4-1-2-7-12(10)11/h1-8H,9H2,(H,18,19)/b13-8-. The van der Waals surface area contributed by atoms with E-state index in [2.05, 4.69) is 0 Å². The second kappa shape index (κ2) is 5.90. The Hall–Kier alpha value is -2.18. The number of amides is 1. The normalized spacial score (nSPS) is 16.7. The van der Waals surface area contributed by atoms with E-state index >= 15 is 0 Å². The van der Waals surface area contributed by atoms with Crippen LogP contribution in [-0.2, 0) is 9.59 Å². The monoisotopic (exact) mass is 329 g/mol. The predicted molar refractivity (Wildman–Crippen MR) is 91.5 cm³/mol. The van der Waals surface area contributed by atoms with Crippen molar-refractivity contribution in [2.45, 2.75) is 0 Å². The van der Waals surface area contributed by atoms with E-state index < -0.39 is 12.5 Å². The molecule has 0 saturated carbocycles. The first-order valence-corrected chi connectivity index (χ1v) is 7.73. The number of fused-ring (bicyclic) bond motifs is 1. The highest BCUT2D eigenvalue weighted by molar-refractivity contribution is 8.26. The summed E-state index contributed by atoms with van der Waals surface area (Å²) in [5.41, 5.74) is 0.911. The molecule has 1 fully saturated rings. The van der Waals surface area contributed by atoms with Gasteiger partial charge in [-0.05, 0) is 22.4 Å². The van der Waals surface area contributed by atoms with E-state index in [4.69, 9.17) is 17.3 Å². The summed E-state index contributed by atoms with van der Waals surface area (Å²) in [6.07, 6.45) is 1.77. The molecule has 2 aromatic rings. The third-order valence-electron chi connectivity index (χ3n) is 3.28. The number of carbonyl (C=O) groups excluding carboxylic acids is 1. The van der Waals surface area contributed by atoms with Gasteiger partial charge in [0.05, 0.1) is 4.91 Å². The molecule has 1 saturated heterocycles. The molecule has 3 rings (SSSR count). The molecule has 0 spiro atoms. The molecule has 4 nitrogen and oxygen atoms in total. The molecule has 110 valence electrons. The van der Waals surface area contributed by atoms with Crippen LogP contribution >= 0.6 is 24.0 Å². The van der Waals surface area contributed by atoms with Crippen molar-refractivity contribution in [3.8, 4) is 0 Å². The van der Waals surface area contributed by atoms with Crippen LogP contribution in [0.3, 0.4) is 0 Å². The smallest absolute Gasteiger partial charge is 0.323 e. The van der Waals surface area contributed by atoms with Crippen LogP contribution in [-0.4, -0.2) is 32.7 Å². The first-order valence-electron chi connectivity index (χ1n) is 6.51. The summed E-state index contributed by atoms with van der Waals surface area (Å²) in [4.78, 5) is 24.6. The van der Waals surface area contributed by atoms with Gasteiger partial charge >= 0.3 is 5.97 Å². The lowest BCUT2D eigenvalue weighted by atomic mass is 10.0. The molecule has 22 heavy (non-hydrogen) atoms. The van der Waals surface area contributed by atoms with Crippen molar-refractivity contribution in [3.63, 3.8) is 0 Å². The van der Waals surface area contributed by atoms with Crippen molar-refractivity contribution < 1.29 is 14.7 Å². The lowest BCUT2D eigenvalue weighted by Gasteiger charge is -2.10. The van der Waals surface area contributed by atoms with Gasteiger partial charge < -0.3 is 5.11 Å². The van der Waals surface area contributed by atoms with E-state index in [-0.39, 0.29) is 10.2 Å². The minimum absolute atomic E-state index is 0.277. The Kier molecular flexibility index (Phi) is 3.96. The Morgan fingerprint density at radius 2 is 1.95 bits per heavy atom. The van der Waals surface area contributed by atoms with Gasteiger partial charge in [-0.15, -0.1) is 0 Å². The zero-order chi connectivity index (χ0) is 15.7. The Bertz CT molecular complexity index is 824. The van der Waals surface area contributed by atoms with E-state index in [1.807, 2.05) is 42.5 Å². The van der Waals surface area contributed by atoms with E-state index in [0.717, 1.165) is 33.0 Å². The van der Waals surface area contributed by atoms with Crippen molar-refractivity contribution in [2.24, 2.45) is 0 Å². The number of rotatable bonds is 3. The topological polar surface area (TPSA) is 57.6 Å². The zero-order valence-electron chi connectivity index (χ0n) is 11.4. The van der Waals surface area contributed by atoms with Crippen LogP contribution in [0.25, 0.3) is 16.8 Å². The van der Waals surface area contributed by atoms with Crippen LogP contribution in [0, 0.1) is 0 Å². The first kappa shape index (κ1) is 14.7. The first-order chi connectivity index (χ1) is 10.6. The van der Waals surface area contributed by atoms with Gasteiger partial charge in [-0.2, -0.15) is 0 Å². The molecule has 6 heteroatoms. The van der Waals surface area contributed by atoms with Gasteiger partial charge in [-0.1, -0.05) is 66.4 Å². The third-order valence-corrected chi connectivity index (χ3v) is 4.65. The van der Waals surface area contributed by atoms with Crippen molar-refractivity contribution in [1.82, 2.24) is 4.90 Å². The van der Waals surface area contributed by atoms with Crippen LogP contribution in [0.5, 0.6) is 0 Å². The van der Waals surface area contributed by atoms with Gasteiger partial charge in [0.25, 0.3) is 5.91 Å². The summed E-state index contributed by atoms with van der Waals surface area (Å²) < 4.78 is 0.277. The number of thiocarbonyl (C=S) groups is 1. The molecule has 0 atom stereocenters. The minimum Gasteiger partial charge on any atom is -0.480 e. The molecular formula is C16H11NO3S2. The van der Waals surface area contributed by atoms with Gasteiger partial charge in [0.15, 0.2) is 0 Å². The summed E-state index contributed by atoms with van der Waals surface area (Å²) in [7, 11) is 0. The molecule has 0 aliphatic carbocycles. The number of hydrogen-bond donors (Lipinski definition) is 1. The van der Waals surface area contributed by atoms with Gasteiger partial charge in [0.2, 0.25) is 0 Å². The lowest BCUT2D eigenvalue weighted by Crippen LogP contribution is -2.33. The molecule has 2 aromatic carbocycles. The van der Waals surface area contributed by atoms with Crippen molar-refractivity contribution >= 4 is 57.0 Å². The van der Waals surface area contributed by atoms with Crippen LogP contribution in [0.4, 0.5) is 0 Å². The summed E-state index contributed by atoms with van der Waals surface area (Å²) in [5, 5.41) is 11.0. The largest absolute Gasteiger partial charge is 0.480 e. The zero-order valence-corrected chi connectivity index (χ0v) is 13.0. The van der Waals surface area contributed by atoms with Crippen molar-refractivity contribution in [3.05, 3.63) is 52.9 Å². The number of aliphatic carboxylic acids is 1. The van der Waals surface area contributed by atoms with Crippen molar-refractivity contribution in [1.29, 1.82) is 0 Å². The Balaban J connectivity index is 2.00. The lowest BCUT2D eigenvalue weighted by molar-refractivity contribution is -0.140. The molecule has 0 bridgehead atoms. The van der Waals surface area contributed by atoms with Crippen molar-refractivity contribution in [2.75, 3.05) is 6.54 Å². The second-order valence-electron chi connectivity index (χ2n) is 4.73. The maximum atomic E-state index is 12.3. The number of benzene rings is 2. The number of carboxylic acids is 1. The molecule has 1 amide bonds. The van der Waals surface area contributed by atoms with E-state index in [1.54, 1.807) is 6.08 Å². The summed E-state index contributed by atoms with van der Waals surface area (Å²) >= 11 is 6.22. The second-order valence-corrected chi connectivity index (χ2v) is 6.41. The highest BCUT2D eigenvalue weighted by Crippen LogP contribution is 2.33. The minimum atomic E-state index is -1.08. The Labute approximate surface area is 136 Å². The number of nitrogens with zero attached hydrogens (tertiary/aromatic N) is 1. The predicted octanol–water partition coefficient (Wildman–Crippen LogP) is 3.13. The molecule has 1 N–H and O–H groups in total. The van der Waals surface area contributed by atoms with Crippen LogP contribution < -0.4 is 0 Å². The molecule has 0 radical (unpaired) electrons. The Morgan fingerprint density at radius 3 is 2.73 bits per heavy atom. The number of hydrogen-bond acceptors (Lipinski definition) is 4. The average Bonchev–Trinajstić information content (AvgIpc) is 2.75. The van der Waals surface area contributed by atoms with E-state index in [0.29, 0.717) is 4.91 Å². The van der Waals surface area contributed by atoms with E-state index in [1.165, 1.54) is 0 Å².